The lowest BCUT2D eigenvalue weighted by atomic mass is 9.83. The molecule has 1 aromatic carbocycles. The number of aromatic nitrogens is 5. The molecular weight excluding hydrogens is 550 g/mol. The number of carbonyl (C=O) groups excluding carboxylic acids is 1. The van der Waals surface area contributed by atoms with Crippen molar-refractivity contribution in [2.45, 2.75) is 37.3 Å². The second kappa shape index (κ2) is 8.54. The highest BCUT2D eigenvalue weighted by atomic mass is 79.9. The number of hydrogen-bond donors (Lipinski definition) is 1. The van der Waals surface area contributed by atoms with E-state index in [4.69, 9.17) is 9.72 Å². The van der Waals surface area contributed by atoms with Crippen LogP contribution in [0.3, 0.4) is 0 Å². The standard InChI is InChI=1S/C27H28BrN7O3/c1-32-14-16-10-19(24(32)37)20-13-29-33(2)25(20)38-9-8-34-15-27(7-3-4-18(34)12-27)35-22-11-17(28)5-6-21(22)30-26(35)31-23(16)36/h5-6,10-11,13-14,18H,3-4,7-9,12,15H2,1-2H3,(H,30,31,36). The summed E-state index contributed by atoms with van der Waals surface area (Å²) in [5, 5.41) is 7.47. The summed E-state index contributed by atoms with van der Waals surface area (Å²) in [6.07, 6.45) is 7.44. The van der Waals surface area contributed by atoms with Crippen molar-refractivity contribution in [2.75, 3.05) is 25.0 Å². The van der Waals surface area contributed by atoms with Gasteiger partial charge in [-0.25, -0.2) is 9.67 Å². The average molecular weight is 578 g/mol. The highest BCUT2D eigenvalue weighted by molar-refractivity contribution is 9.10. The van der Waals surface area contributed by atoms with Crippen molar-refractivity contribution in [3.05, 3.63) is 57.0 Å². The minimum atomic E-state index is -0.322. The molecule has 1 spiro atoms. The Morgan fingerprint density at radius 2 is 2.05 bits per heavy atom. The van der Waals surface area contributed by atoms with E-state index in [0.717, 1.165) is 54.3 Å². The van der Waals surface area contributed by atoms with Gasteiger partial charge in [0.05, 0.1) is 39.5 Å². The number of pyridine rings is 1. The number of carbonyl (C=O) groups is 1. The molecule has 3 unspecified atom stereocenters. The van der Waals surface area contributed by atoms with Gasteiger partial charge in [-0.3, -0.25) is 19.8 Å². The Morgan fingerprint density at radius 1 is 1.18 bits per heavy atom. The fourth-order valence-corrected chi connectivity index (χ4v) is 7.01. The number of halogens is 1. The van der Waals surface area contributed by atoms with Crippen LogP contribution in [-0.4, -0.2) is 60.4 Å². The summed E-state index contributed by atoms with van der Waals surface area (Å²) in [5.41, 5.74) is 2.73. The van der Waals surface area contributed by atoms with Crippen LogP contribution in [0.15, 0.2) is 45.9 Å². The Labute approximate surface area is 227 Å². The summed E-state index contributed by atoms with van der Waals surface area (Å²) in [6.45, 7) is 2.08. The lowest BCUT2D eigenvalue weighted by molar-refractivity contribution is 0.102. The number of rotatable bonds is 0. The van der Waals surface area contributed by atoms with Gasteiger partial charge in [0.2, 0.25) is 11.8 Å². The molecule has 10 nitrogen and oxygen atoms in total. The topological polar surface area (TPSA) is 99.2 Å². The molecule has 1 saturated carbocycles. The Balaban J connectivity index is 1.44. The highest BCUT2D eigenvalue weighted by Crippen LogP contribution is 2.47. The molecule has 1 aliphatic carbocycles. The Kier molecular flexibility index (Phi) is 5.31. The monoisotopic (exact) mass is 577 g/mol. The van der Waals surface area contributed by atoms with Crippen LogP contribution in [0.25, 0.3) is 22.2 Å². The van der Waals surface area contributed by atoms with Crippen LogP contribution in [-0.2, 0) is 19.6 Å². The molecule has 2 aliphatic heterocycles. The quantitative estimate of drug-likeness (QED) is 0.343. The van der Waals surface area contributed by atoms with E-state index in [0.29, 0.717) is 41.2 Å². The minimum Gasteiger partial charge on any atom is -0.476 e. The molecule has 11 heteroatoms. The maximum Gasteiger partial charge on any atom is 0.259 e. The molecule has 5 heterocycles. The fraction of sp³-hybridized carbons (Fsp3) is 0.407. The van der Waals surface area contributed by atoms with Gasteiger partial charge in [-0.1, -0.05) is 15.9 Å². The Hall–Kier alpha value is -3.44. The second-order valence-corrected chi connectivity index (χ2v) is 11.6. The highest BCUT2D eigenvalue weighted by Gasteiger charge is 2.49. The molecule has 196 valence electrons. The maximum absolute atomic E-state index is 13.7. The van der Waals surface area contributed by atoms with Crippen molar-refractivity contribution in [2.24, 2.45) is 14.1 Å². The summed E-state index contributed by atoms with van der Waals surface area (Å²) in [5.74, 6) is 0.738. The zero-order chi connectivity index (χ0) is 26.2. The van der Waals surface area contributed by atoms with E-state index in [-0.39, 0.29) is 17.0 Å². The van der Waals surface area contributed by atoms with Crippen LogP contribution < -0.4 is 15.6 Å². The van der Waals surface area contributed by atoms with Gasteiger partial charge in [0.1, 0.15) is 6.61 Å². The van der Waals surface area contributed by atoms with Crippen LogP contribution in [0.4, 0.5) is 5.95 Å². The molecule has 2 fully saturated rings. The zero-order valence-corrected chi connectivity index (χ0v) is 22.9. The number of benzene rings is 1. The van der Waals surface area contributed by atoms with Gasteiger partial charge in [0, 0.05) is 43.9 Å². The van der Waals surface area contributed by atoms with Crippen molar-refractivity contribution in [3.63, 3.8) is 0 Å². The molecule has 4 aromatic rings. The normalized spacial score (nSPS) is 24.7. The lowest BCUT2D eigenvalue weighted by Gasteiger charge is -2.35. The first-order valence-corrected chi connectivity index (χ1v) is 13.7. The van der Waals surface area contributed by atoms with Crippen LogP contribution >= 0.6 is 15.9 Å². The van der Waals surface area contributed by atoms with Gasteiger partial charge in [0.15, 0.2) is 0 Å². The van der Waals surface area contributed by atoms with Crippen molar-refractivity contribution in [1.82, 2.24) is 28.8 Å². The van der Waals surface area contributed by atoms with E-state index in [9.17, 15) is 9.59 Å². The van der Waals surface area contributed by atoms with Gasteiger partial charge < -0.3 is 13.9 Å². The van der Waals surface area contributed by atoms with Crippen LogP contribution in [0.1, 0.15) is 36.0 Å². The minimum absolute atomic E-state index is 0.187. The number of fused-ring (bicyclic) bond motifs is 10. The third-order valence-electron chi connectivity index (χ3n) is 8.36. The molecular formula is C27H28BrN7O3. The van der Waals surface area contributed by atoms with Crippen LogP contribution in [0, 0.1) is 0 Å². The van der Waals surface area contributed by atoms with E-state index in [1.54, 1.807) is 37.2 Å². The first-order valence-electron chi connectivity index (χ1n) is 12.9. The summed E-state index contributed by atoms with van der Waals surface area (Å²) in [6, 6.07) is 8.09. The summed E-state index contributed by atoms with van der Waals surface area (Å²) < 4.78 is 12.6. The number of imidazole rings is 1. The largest absolute Gasteiger partial charge is 0.476 e. The smallest absolute Gasteiger partial charge is 0.259 e. The van der Waals surface area contributed by atoms with E-state index >= 15 is 0 Å². The van der Waals surface area contributed by atoms with E-state index in [2.05, 4.69) is 41.9 Å². The number of anilines is 1. The maximum atomic E-state index is 13.7. The van der Waals surface area contributed by atoms with Gasteiger partial charge in [0.25, 0.3) is 11.5 Å². The summed E-state index contributed by atoms with van der Waals surface area (Å²) in [4.78, 5) is 34.3. The summed E-state index contributed by atoms with van der Waals surface area (Å²) >= 11 is 3.63. The second-order valence-electron chi connectivity index (χ2n) is 10.7. The number of amides is 1. The van der Waals surface area contributed by atoms with Crippen LogP contribution in [0.2, 0.25) is 0 Å². The van der Waals surface area contributed by atoms with Gasteiger partial charge in [-0.2, -0.15) is 5.10 Å². The molecule has 3 aliphatic rings. The number of nitrogens with zero attached hydrogens (tertiary/aromatic N) is 6. The molecule has 3 aromatic heterocycles. The van der Waals surface area contributed by atoms with E-state index in [1.165, 1.54) is 4.57 Å². The first kappa shape index (κ1) is 23.7. The number of nitrogens with one attached hydrogen (secondary N) is 1. The Bertz CT molecular complexity index is 1670. The predicted octanol–water partition coefficient (Wildman–Crippen LogP) is 3.50. The Morgan fingerprint density at radius 3 is 2.92 bits per heavy atom. The molecule has 5 bridgehead atoms. The van der Waals surface area contributed by atoms with Crippen molar-refractivity contribution in [1.29, 1.82) is 0 Å². The number of ether oxygens (including phenoxy) is 1. The van der Waals surface area contributed by atoms with Gasteiger partial charge in [-0.05, 0) is 49.9 Å². The van der Waals surface area contributed by atoms with Crippen LogP contribution in [0.5, 0.6) is 5.88 Å². The molecule has 1 saturated heterocycles. The SMILES string of the molecule is Cn1ncc2c1OCCN1CC3(CCCC1C3)n1c(nc3ccc(Br)cc31)NC(=O)c1cc-2c(=O)n(C)c1. The van der Waals surface area contributed by atoms with Crippen molar-refractivity contribution < 1.29 is 9.53 Å². The first-order chi connectivity index (χ1) is 18.3. The summed E-state index contributed by atoms with van der Waals surface area (Å²) in [7, 11) is 3.45. The molecule has 0 radical (unpaired) electrons. The third-order valence-corrected chi connectivity index (χ3v) is 8.86. The number of aryl methyl sites for hydroxylation is 2. The van der Waals surface area contributed by atoms with Crippen molar-refractivity contribution in [3.8, 4) is 17.0 Å². The molecule has 1 N–H and O–H groups in total. The molecule has 1 amide bonds. The fourth-order valence-electron chi connectivity index (χ4n) is 6.66. The van der Waals surface area contributed by atoms with Gasteiger partial charge in [-0.15, -0.1) is 0 Å². The average Bonchev–Trinajstić information content (AvgIpc) is 3.51. The molecule has 7 rings (SSSR count). The van der Waals surface area contributed by atoms with E-state index < -0.39 is 0 Å². The lowest BCUT2D eigenvalue weighted by Crippen LogP contribution is -2.38. The van der Waals surface area contributed by atoms with Crippen molar-refractivity contribution >= 4 is 38.8 Å². The number of hydrogen-bond acceptors (Lipinski definition) is 6. The third kappa shape index (κ3) is 3.55. The van der Waals surface area contributed by atoms with Gasteiger partial charge >= 0.3 is 0 Å². The zero-order valence-electron chi connectivity index (χ0n) is 21.3. The molecule has 38 heavy (non-hydrogen) atoms. The molecule has 3 atom stereocenters. The predicted molar refractivity (Wildman–Crippen MR) is 147 cm³/mol. The van der Waals surface area contributed by atoms with E-state index in [1.807, 2.05) is 12.1 Å².